The summed E-state index contributed by atoms with van der Waals surface area (Å²) in [6, 6.07) is 0. The highest BCUT2D eigenvalue weighted by Gasteiger charge is 2.51. The number of ether oxygens (including phenoxy) is 1. The first kappa shape index (κ1) is 11.3. The Labute approximate surface area is 93.5 Å². The zero-order valence-electron chi connectivity index (χ0n) is 9.09. The van der Waals surface area contributed by atoms with Crippen molar-refractivity contribution >= 4 is 5.97 Å². The van der Waals surface area contributed by atoms with E-state index < -0.39 is 11.4 Å². The molecule has 2 saturated heterocycles. The van der Waals surface area contributed by atoms with Gasteiger partial charge in [-0.1, -0.05) is 0 Å². The zero-order chi connectivity index (χ0) is 11.6. The van der Waals surface area contributed by atoms with E-state index in [4.69, 9.17) is 4.74 Å². The lowest BCUT2D eigenvalue weighted by molar-refractivity contribution is -0.154. The molecule has 1 atom stereocenters. The second-order valence-electron chi connectivity index (χ2n) is 4.57. The molecule has 0 saturated carbocycles. The van der Waals surface area contributed by atoms with Gasteiger partial charge in [0.05, 0.1) is 17.2 Å². The van der Waals surface area contributed by atoms with Gasteiger partial charge in [-0.05, 0) is 25.2 Å². The number of carboxylic acids is 1. The molecule has 2 aliphatic rings. The summed E-state index contributed by atoms with van der Waals surface area (Å²) >= 11 is 0. The summed E-state index contributed by atoms with van der Waals surface area (Å²) < 4.78 is 5.25. The predicted octanol–water partition coefficient (Wildman–Crippen LogP) is 0.871. The quantitative estimate of drug-likeness (QED) is 0.725. The summed E-state index contributed by atoms with van der Waals surface area (Å²) in [5.74, 6) is -0.698. The van der Waals surface area contributed by atoms with Gasteiger partial charge in [0, 0.05) is 19.8 Å². The van der Waals surface area contributed by atoms with Crippen LogP contribution in [-0.4, -0.2) is 42.4 Å². The number of nitroso groups, excluding NO2 is 1. The van der Waals surface area contributed by atoms with Crippen LogP contribution in [0, 0.1) is 16.2 Å². The van der Waals surface area contributed by atoms with Crippen molar-refractivity contribution in [3.8, 4) is 0 Å². The Bertz CT molecular complexity index is 291. The maximum absolute atomic E-state index is 11.5. The Morgan fingerprint density at radius 2 is 2.12 bits per heavy atom. The maximum atomic E-state index is 11.5. The average molecular weight is 228 g/mol. The first-order valence-corrected chi connectivity index (χ1v) is 5.58. The molecule has 6 nitrogen and oxygen atoms in total. The molecule has 0 aromatic carbocycles. The van der Waals surface area contributed by atoms with Crippen molar-refractivity contribution in [2.45, 2.75) is 19.3 Å². The Kier molecular flexibility index (Phi) is 3.09. The van der Waals surface area contributed by atoms with Crippen molar-refractivity contribution < 1.29 is 14.6 Å². The second-order valence-corrected chi connectivity index (χ2v) is 4.57. The van der Waals surface area contributed by atoms with Gasteiger partial charge in [0.15, 0.2) is 0 Å². The van der Waals surface area contributed by atoms with E-state index in [1.165, 1.54) is 5.01 Å². The summed E-state index contributed by atoms with van der Waals surface area (Å²) in [5, 5.41) is 13.6. The van der Waals surface area contributed by atoms with Gasteiger partial charge < -0.3 is 9.84 Å². The molecular formula is C10H16N2O4. The number of aliphatic carboxylic acids is 1. The van der Waals surface area contributed by atoms with Gasteiger partial charge in [-0.15, -0.1) is 4.91 Å². The number of carboxylic acid groups (broad SMARTS) is 1. The van der Waals surface area contributed by atoms with Crippen LogP contribution in [0.15, 0.2) is 5.29 Å². The highest BCUT2D eigenvalue weighted by Crippen LogP contribution is 2.43. The summed E-state index contributed by atoms with van der Waals surface area (Å²) in [6.07, 6.45) is 2.04. The highest BCUT2D eigenvalue weighted by molar-refractivity contribution is 5.76. The van der Waals surface area contributed by atoms with Crippen LogP contribution in [-0.2, 0) is 9.53 Å². The number of rotatable bonds is 3. The van der Waals surface area contributed by atoms with Crippen molar-refractivity contribution in [3.05, 3.63) is 4.91 Å². The Morgan fingerprint density at radius 3 is 2.62 bits per heavy atom. The highest BCUT2D eigenvalue weighted by atomic mass is 16.5. The molecule has 2 heterocycles. The Hall–Kier alpha value is -1.17. The standard InChI is InChI=1S/C10H16N2O4/c13-9(14)10(3-4-12(7-10)11-15)8-1-5-16-6-2-8/h8H,1-7H2,(H,13,14). The SMILES string of the molecule is O=NN1CCC(C(=O)O)(C2CCOCC2)C1. The van der Waals surface area contributed by atoms with E-state index >= 15 is 0 Å². The molecule has 6 heteroatoms. The Balaban J connectivity index is 2.15. The molecular weight excluding hydrogens is 212 g/mol. The number of nitrogens with zero attached hydrogens (tertiary/aromatic N) is 2. The van der Waals surface area contributed by atoms with Crippen LogP contribution in [0.2, 0.25) is 0 Å². The van der Waals surface area contributed by atoms with E-state index in [0.717, 1.165) is 12.8 Å². The third-order valence-corrected chi connectivity index (χ3v) is 3.82. The third-order valence-electron chi connectivity index (χ3n) is 3.82. The van der Waals surface area contributed by atoms with Gasteiger partial charge in [-0.2, -0.15) is 0 Å². The van der Waals surface area contributed by atoms with Crippen molar-refractivity contribution in [2.75, 3.05) is 26.3 Å². The zero-order valence-corrected chi connectivity index (χ0v) is 9.09. The molecule has 0 amide bonds. The molecule has 2 aliphatic heterocycles. The molecule has 0 spiro atoms. The molecule has 0 bridgehead atoms. The lowest BCUT2D eigenvalue weighted by atomic mass is 9.71. The summed E-state index contributed by atoms with van der Waals surface area (Å²) in [7, 11) is 0. The third kappa shape index (κ3) is 1.77. The first-order valence-electron chi connectivity index (χ1n) is 5.58. The van der Waals surface area contributed by atoms with Crippen LogP contribution in [0.3, 0.4) is 0 Å². The largest absolute Gasteiger partial charge is 0.481 e. The van der Waals surface area contributed by atoms with Crippen molar-refractivity contribution in [3.63, 3.8) is 0 Å². The van der Waals surface area contributed by atoms with Crippen LogP contribution in [0.25, 0.3) is 0 Å². The molecule has 0 radical (unpaired) electrons. The fourth-order valence-corrected chi connectivity index (χ4v) is 2.81. The predicted molar refractivity (Wildman–Crippen MR) is 55.6 cm³/mol. The molecule has 2 fully saturated rings. The van der Waals surface area contributed by atoms with Crippen LogP contribution < -0.4 is 0 Å². The fourth-order valence-electron chi connectivity index (χ4n) is 2.81. The summed E-state index contributed by atoms with van der Waals surface area (Å²) in [6.45, 7) is 1.94. The van der Waals surface area contributed by atoms with E-state index in [0.29, 0.717) is 26.2 Å². The van der Waals surface area contributed by atoms with E-state index in [1.807, 2.05) is 0 Å². The van der Waals surface area contributed by atoms with E-state index in [1.54, 1.807) is 0 Å². The van der Waals surface area contributed by atoms with Gasteiger partial charge in [-0.3, -0.25) is 9.80 Å². The van der Waals surface area contributed by atoms with Crippen molar-refractivity contribution in [1.29, 1.82) is 0 Å². The lowest BCUT2D eigenvalue weighted by Gasteiger charge is -2.35. The second kappa shape index (κ2) is 4.37. The van der Waals surface area contributed by atoms with Crippen LogP contribution >= 0.6 is 0 Å². The van der Waals surface area contributed by atoms with Gasteiger partial charge in [-0.25, -0.2) is 0 Å². The van der Waals surface area contributed by atoms with Crippen molar-refractivity contribution in [2.24, 2.45) is 16.6 Å². The van der Waals surface area contributed by atoms with Gasteiger partial charge >= 0.3 is 5.97 Å². The minimum absolute atomic E-state index is 0.102. The average Bonchev–Trinajstić information content (AvgIpc) is 2.75. The molecule has 0 aromatic heterocycles. The lowest BCUT2D eigenvalue weighted by Crippen LogP contribution is -2.43. The Morgan fingerprint density at radius 1 is 1.44 bits per heavy atom. The molecule has 2 rings (SSSR count). The maximum Gasteiger partial charge on any atom is 0.311 e. The van der Waals surface area contributed by atoms with E-state index in [-0.39, 0.29) is 12.5 Å². The van der Waals surface area contributed by atoms with Gasteiger partial charge in [0.2, 0.25) is 0 Å². The summed E-state index contributed by atoms with van der Waals surface area (Å²) in [5.41, 5.74) is -0.794. The monoisotopic (exact) mass is 228 g/mol. The number of hydrogen-bond donors (Lipinski definition) is 1. The number of carbonyl (C=O) groups is 1. The normalized spacial score (nSPS) is 31.6. The fraction of sp³-hybridized carbons (Fsp3) is 0.900. The van der Waals surface area contributed by atoms with Crippen LogP contribution in [0.4, 0.5) is 0 Å². The molecule has 0 aromatic rings. The summed E-state index contributed by atoms with van der Waals surface area (Å²) in [4.78, 5) is 21.9. The topological polar surface area (TPSA) is 79.2 Å². The number of hydrogen-bond acceptors (Lipinski definition) is 4. The minimum atomic E-state index is -0.800. The van der Waals surface area contributed by atoms with Gasteiger partial charge in [0.25, 0.3) is 0 Å². The minimum Gasteiger partial charge on any atom is -0.481 e. The molecule has 0 aliphatic carbocycles. The van der Waals surface area contributed by atoms with E-state index in [9.17, 15) is 14.8 Å². The van der Waals surface area contributed by atoms with Crippen molar-refractivity contribution in [1.82, 2.24) is 5.01 Å². The molecule has 1 N–H and O–H groups in total. The molecule has 16 heavy (non-hydrogen) atoms. The smallest absolute Gasteiger partial charge is 0.311 e. The first-order chi connectivity index (χ1) is 7.69. The van der Waals surface area contributed by atoms with Crippen LogP contribution in [0.1, 0.15) is 19.3 Å². The molecule has 1 unspecified atom stereocenters. The molecule has 90 valence electrons. The van der Waals surface area contributed by atoms with Crippen LogP contribution in [0.5, 0.6) is 0 Å². The van der Waals surface area contributed by atoms with Gasteiger partial charge in [0.1, 0.15) is 0 Å². The van der Waals surface area contributed by atoms with E-state index in [2.05, 4.69) is 5.29 Å².